The van der Waals surface area contributed by atoms with Crippen molar-refractivity contribution in [3.8, 4) is 0 Å². The molecule has 0 bridgehead atoms. The van der Waals surface area contributed by atoms with Crippen molar-refractivity contribution in [2.75, 3.05) is 27.2 Å². The lowest BCUT2D eigenvalue weighted by Gasteiger charge is -2.22. The molecule has 0 unspecified atom stereocenters. The van der Waals surface area contributed by atoms with Crippen LogP contribution in [0.15, 0.2) is 4.99 Å². The number of hydrogen-bond acceptors (Lipinski definition) is 1. The average molecular weight is 213 g/mol. The molecule has 0 saturated carbocycles. The Bertz CT molecular complexity index is 176. The van der Waals surface area contributed by atoms with E-state index < -0.39 is 0 Å². The fourth-order valence-electron chi connectivity index (χ4n) is 1.36. The van der Waals surface area contributed by atoms with E-state index in [2.05, 4.69) is 43.0 Å². The first-order chi connectivity index (χ1) is 7.11. The molecule has 1 N–H and O–H groups in total. The zero-order valence-corrected chi connectivity index (χ0v) is 11.0. The highest BCUT2D eigenvalue weighted by atomic mass is 15.3. The summed E-state index contributed by atoms with van der Waals surface area (Å²) in [7, 11) is 3.94. The number of aliphatic imine (C=N–C) groups is 1. The van der Waals surface area contributed by atoms with Crippen molar-refractivity contribution in [2.45, 2.75) is 40.0 Å². The second-order valence-corrected chi connectivity index (χ2v) is 4.43. The number of unbranched alkanes of at least 4 members (excludes halogenated alkanes) is 1. The molecule has 0 aromatic rings. The SMILES string of the molecule is CCCCN(C)C(=NC)NCCC(C)C. The van der Waals surface area contributed by atoms with E-state index in [4.69, 9.17) is 0 Å². The molecule has 15 heavy (non-hydrogen) atoms. The summed E-state index contributed by atoms with van der Waals surface area (Å²) in [5.41, 5.74) is 0. The molecule has 0 amide bonds. The van der Waals surface area contributed by atoms with E-state index in [1.165, 1.54) is 19.3 Å². The minimum Gasteiger partial charge on any atom is -0.356 e. The van der Waals surface area contributed by atoms with Crippen LogP contribution in [-0.4, -0.2) is 38.0 Å². The molecule has 0 aromatic carbocycles. The number of hydrogen-bond donors (Lipinski definition) is 1. The number of guanidine groups is 1. The summed E-state index contributed by atoms with van der Waals surface area (Å²) in [6.45, 7) is 8.79. The third-order valence-electron chi connectivity index (χ3n) is 2.43. The fourth-order valence-corrected chi connectivity index (χ4v) is 1.36. The molecule has 0 spiro atoms. The molecule has 0 rings (SSSR count). The van der Waals surface area contributed by atoms with Gasteiger partial charge in [0, 0.05) is 27.2 Å². The van der Waals surface area contributed by atoms with E-state index >= 15 is 0 Å². The Morgan fingerprint density at radius 1 is 1.40 bits per heavy atom. The number of nitrogens with one attached hydrogen (secondary N) is 1. The van der Waals surface area contributed by atoms with Crippen LogP contribution in [-0.2, 0) is 0 Å². The predicted molar refractivity (Wildman–Crippen MR) is 68.4 cm³/mol. The van der Waals surface area contributed by atoms with Crippen molar-refractivity contribution in [1.82, 2.24) is 10.2 Å². The van der Waals surface area contributed by atoms with Gasteiger partial charge in [0.15, 0.2) is 5.96 Å². The van der Waals surface area contributed by atoms with E-state index in [-0.39, 0.29) is 0 Å². The van der Waals surface area contributed by atoms with Gasteiger partial charge in [0.05, 0.1) is 0 Å². The van der Waals surface area contributed by atoms with Crippen molar-refractivity contribution in [3.05, 3.63) is 0 Å². The summed E-state index contributed by atoms with van der Waals surface area (Å²) in [6, 6.07) is 0. The van der Waals surface area contributed by atoms with Crippen molar-refractivity contribution in [2.24, 2.45) is 10.9 Å². The lowest BCUT2D eigenvalue weighted by molar-refractivity contribution is 0.459. The molecule has 0 aliphatic carbocycles. The second-order valence-electron chi connectivity index (χ2n) is 4.43. The van der Waals surface area contributed by atoms with Crippen LogP contribution < -0.4 is 5.32 Å². The monoisotopic (exact) mass is 213 g/mol. The van der Waals surface area contributed by atoms with Crippen LogP contribution >= 0.6 is 0 Å². The summed E-state index contributed by atoms with van der Waals surface area (Å²) in [5.74, 6) is 1.76. The first-order valence-electron chi connectivity index (χ1n) is 6.03. The molecule has 90 valence electrons. The Morgan fingerprint density at radius 3 is 2.53 bits per heavy atom. The molecule has 0 heterocycles. The lowest BCUT2D eigenvalue weighted by atomic mass is 10.1. The molecule has 0 aromatic heterocycles. The number of nitrogens with zero attached hydrogens (tertiary/aromatic N) is 2. The van der Waals surface area contributed by atoms with E-state index in [0.717, 1.165) is 25.0 Å². The van der Waals surface area contributed by atoms with Gasteiger partial charge in [-0.3, -0.25) is 4.99 Å². The van der Waals surface area contributed by atoms with Gasteiger partial charge in [-0.15, -0.1) is 0 Å². The largest absolute Gasteiger partial charge is 0.356 e. The van der Waals surface area contributed by atoms with Gasteiger partial charge in [0.1, 0.15) is 0 Å². The van der Waals surface area contributed by atoms with Gasteiger partial charge < -0.3 is 10.2 Å². The van der Waals surface area contributed by atoms with Crippen LogP contribution in [0.4, 0.5) is 0 Å². The molecule has 0 fully saturated rings. The first-order valence-corrected chi connectivity index (χ1v) is 6.03. The van der Waals surface area contributed by atoms with Gasteiger partial charge >= 0.3 is 0 Å². The van der Waals surface area contributed by atoms with Crippen LogP contribution in [0.3, 0.4) is 0 Å². The van der Waals surface area contributed by atoms with Gasteiger partial charge in [0.25, 0.3) is 0 Å². The highest BCUT2D eigenvalue weighted by Crippen LogP contribution is 1.97. The van der Waals surface area contributed by atoms with Crippen molar-refractivity contribution >= 4 is 5.96 Å². The Hall–Kier alpha value is -0.730. The minimum absolute atomic E-state index is 0.747. The van der Waals surface area contributed by atoms with E-state index in [1.807, 2.05) is 7.05 Å². The molecule has 0 aliphatic rings. The predicted octanol–water partition coefficient (Wildman–Crippen LogP) is 2.34. The fraction of sp³-hybridized carbons (Fsp3) is 0.917. The maximum Gasteiger partial charge on any atom is 0.193 e. The Balaban J connectivity index is 3.81. The highest BCUT2D eigenvalue weighted by Gasteiger charge is 2.04. The van der Waals surface area contributed by atoms with Crippen molar-refractivity contribution in [1.29, 1.82) is 0 Å². The van der Waals surface area contributed by atoms with E-state index in [9.17, 15) is 0 Å². The number of rotatable bonds is 6. The summed E-state index contributed by atoms with van der Waals surface area (Å²) in [5, 5.41) is 3.39. The molecule has 0 radical (unpaired) electrons. The molecule has 0 saturated heterocycles. The molecular weight excluding hydrogens is 186 g/mol. The van der Waals surface area contributed by atoms with Crippen LogP contribution in [0.25, 0.3) is 0 Å². The highest BCUT2D eigenvalue weighted by molar-refractivity contribution is 5.79. The van der Waals surface area contributed by atoms with Crippen LogP contribution in [0, 0.1) is 5.92 Å². The maximum absolute atomic E-state index is 4.27. The van der Waals surface area contributed by atoms with Gasteiger partial charge in [-0.25, -0.2) is 0 Å². The van der Waals surface area contributed by atoms with Crippen LogP contribution in [0.1, 0.15) is 40.0 Å². The van der Waals surface area contributed by atoms with Gasteiger partial charge in [-0.1, -0.05) is 27.2 Å². The average Bonchev–Trinajstić information content (AvgIpc) is 2.20. The third kappa shape index (κ3) is 7.23. The van der Waals surface area contributed by atoms with Gasteiger partial charge in [0.2, 0.25) is 0 Å². The smallest absolute Gasteiger partial charge is 0.193 e. The summed E-state index contributed by atoms with van der Waals surface area (Å²) in [6.07, 6.45) is 3.65. The van der Waals surface area contributed by atoms with Crippen molar-refractivity contribution in [3.63, 3.8) is 0 Å². The molecule has 0 atom stereocenters. The van der Waals surface area contributed by atoms with E-state index in [0.29, 0.717) is 0 Å². The summed E-state index contributed by atoms with van der Waals surface area (Å²) >= 11 is 0. The quantitative estimate of drug-likeness (QED) is 0.542. The topological polar surface area (TPSA) is 27.6 Å². The third-order valence-corrected chi connectivity index (χ3v) is 2.43. The maximum atomic E-state index is 4.27. The summed E-state index contributed by atoms with van der Waals surface area (Å²) < 4.78 is 0. The molecule has 3 heteroatoms. The Morgan fingerprint density at radius 2 is 2.07 bits per heavy atom. The normalized spacial score (nSPS) is 12.0. The molecular formula is C12H27N3. The minimum atomic E-state index is 0.747. The Labute approximate surface area is 95.0 Å². The van der Waals surface area contributed by atoms with Crippen LogP contribution in [0.5, 0.6) is 0 Å². The Kier molecular flexibility index (Phi) is 8.15. The van der Waals surface area contributed by atoms with Crippen molar-refractivity contribution < 1.29 is 0 Å². The molecule has 0 aliphatic heterocycles. The zero-order valence-electron chi connectivity index (χ0n) is 11.0. The van der Waals surface area contributed by atoms with Gasteiger partial charge in [-0.2, -0.15) is 0 Å². The second kappa shape index (κ2) is 8.57. The van der Waals surface area contributed by atoms with Crippen LogP contribution in [0.2, 0.25) is 0 Å². The summed E-state index contributed by atoms with van der Waals surface area (Å²) in [4.78, 5) is 6.47. The standard InChI is InChI=1S/C12H27N3/c1-6-7-10-15(5)12(13-4)14-9-8-11(2)3/h11H,6-10H2,1-5H3,(H,13,14). The molecule has 3 nitrogen and oxygen atoms in total. The lowest BCUT2D eigenvalue weighted by Crippen LogP contribution is -2.40. The zero-order chi connectivity index (χ0) is 11.7. The first kappa shape index (κ1) is 14.3. The van der Waals surface area contributed by atoms with E-state index in [1.54, 1.807) is 0 Å². The van der Waals surface area contributed by atoms with Gasteiger partial charge in [-0.05, 0) is 18.8 Å².